The first-order chi connectivity index (χ1) is 17.9. The van der Waals surface area contributed by atoms with Gasteiger partial charge in [0.2, 0.25) is 0 Å². The van der Waals surface area contributed by atoms with Crippen molar-refractivity contribution in [3.8, 4) is 17.0 Å². The second-order valence-electron chi connectivity index (χ2n) is 9.28. The molecule has 186 valence electrons. The molecule has 2 aromatic carbocycles. The van der Waals surface area contributed by atoms with E-state index in [0.29, 0.717) is 17.1 Å². The Balaban J connectivity index is 1.44. The van der Waals surface area contributed by atoms with Crippen LogP contribution in [0.3, 0.4) is 0 Å². The van der Waals surface area contributed by atoms with Crippen molar-refractivity contribution in [2.75, 3.05) is 17.3 Å². The molecular formula is C28H27N7O2. The van der Waals surface area contributed by atoms with E-state index < -0.39 is 0 Å². The number of aryl methyl sites for hydroxylation is 2. The van der Waals surface area contributed by atoms with Gasteiger partial charge in [-0.05, 0) is 37.1 Å². The molecule has 1 N–H and O–H groups in total. The Kier molecular flexibility index (Phi) is 5.40. The second-order valence-corrected chi connectivity index (χ2v) is 9.28. The van der Waals surface area contributed by atoms with E-state index in [4.69, 9.17) is 9.72 Å². The Hall–Kier alpha value is -4.66. The molecule has 0 aliphatic carbocycles. The Labute approximate surface area is 214 Å². The highest BCUT2D eigenvalue weighted by Crippen LogP contribution is 2.33. The number of rotatable bonds is 5. The third-order valence-electron chi connectivity index (χ3n) is 6.90. The Bertz CT molecular complexity index is 1640. The van der Waals surface area contributed by atoms with Crippen molar-refractivity contribution in [1.29, 1.82) is 0 Å². The molecule has 0 unspecified atom stereocenters. The van der Waals surface area contributed by atoms with Crippen LogP contribution in [0.4, 0.5) is 11.5 Å². The topological polar surface area (TPSA) is 89.6 Å². The number of hydrogen-bond acceptors (Lipinski definition) is 6. The first-order valence-electron chi connectivity index (χ1n) is 12.1. The monoisotopic (exact) mass is 493 g/mol. The van der Waals surface area contributed by atoms with Crippen LogP contribution in [0, 0.1) is 13.8 Å². The molecule has 0 saturated carbocycles. The molecule has 6 rings (SSSR count). The number of benzene rings is 2. The summed E-state index contributed by atoms with van der Waals surface area (Å²) in [6.07, 6.45) is 0. The van der Waals surface area contributed by atoms with Crippen LogP contribution in [0.15, 0.2) is 60.7 Å². The van der Waals surface area contributed by atoms with E-state index in [-0.39, 0.29) is 11.6 Å². The van der Waals surface area contributed by atoms with Gasteiger partial charge in [-0.2, -0.15) is 10.2 Å². The normalized spacial score (nSPS) is 12.7. The maximum atomic E-state index is 13.2. The summed E-state index contributed by atoms with van der Waals surface area (Å²) in [6.45, 7) is 5.58. The average molecular weight is 494 g/mol. The van der Waals surface area contributed by atoms with E-state index in [1.54, 1.807) is 23.8 Å². The van der Waals surface area contributed by atoms with Gasteiger partial charge in [-0.25, -0.2) is 9.50 Å². The van der Waals surface area contributed by atoms with Crippen LogP contribution < -0.4 is 15.0 Å². The van der Waals surface area contributed by atoms with Crippen molar-refractivity contribution in [3.63, 3.8) is 0 Å². The Morgan fingerprint density at radius 1 is 0.973 bits per heavy atom. The predicted octanol–water partition coefficient (Wildman–Crippen LogP) is 4.53. The largest absolute Gasteiger partial charge is 0.497 e. The summed E-state index contributed by atoms with van der Waals surface area (Å²) in [6, 6.07) is 19.5. The Morgan fingerprint density at radius 3 is 2.41 bits per heavy atom. The fraction of sp³-hybridized carbons (Fsp3) is 0.214. The minimum atomic E-state index is -0.320. The summed E-state index contributed by atoms with van der Waals surface area (Å²) in [5.41, 5.74) is 7.83. The van der Waals surface area contributed by atoms with Gasteiger partial charge in [-0.15, -0.1) is 0 Å². The third kappa shape index (κ3) is 3.98. The number of nitrogens with zero attached hydrogens (tertiary/aromatic N) is 6. The van der Waals surface area contributed by atoms with E-state index in [9.17, 15) is 4.79 Å². The minimum absolute atomic E-state index is 0.276. The van der Waals surface area contributed by atoms with Crippen LogP contribution in [-0.4, -0.2) is 37.4 Å². The molecule has 1 aliphatic rings. The smallest absolute Gasteiger partial charge is 0.276 e. The van der Waals surface area contributed by atoms with Gasteiger partial charge in [0.05, 0.1) is 18.5 Å². The number of amides is 1. The van der Waals surface area contributed by atoms with Crippen LogP contribution >= 0.6 is 0 Å². The SMILES string of the molecule is COc1cccc(NC(=O)c2cc3nc(N4Cc5ccccc5C4)cc(-c4c(C)nn(C)c4C)n3n2)c1. The van der Waals surface area contributed by atoms with E-state index in [1.165, 1.54) is 11.1 Å². The van der Waals surface area contributed by atoms with Crippen molar-refractivity contribution in [1.82, 2.24) is 24.4 Å². The maximum absolute atomic E-state index is 13.2. The molecule has 0 radical (unpaired) electrons. The number of fused-ring (bicyclic) bond motifs is 2. The highest BCUT2D eigenvalue weighted by Gasteiger charge is 2.24. The zero-order valence-corrected chi connectivity index (χ0v) is 21.2. The van der Waals surface area contributed by atoms with Crippen LogP contribution in [0.1, 0.15) is 33.0 Å². The van der Waals surface area contributed by atoms with Crippen molar-refractivity contribution >= 4 is 23.1 Å². The number of carbonyl (C=O) groups is 1. The van der Waals surface area contributed by atoms with Crippen molar-refractivity contribution < 1.29 is 9.53 Å². The summed E-state index contributed by atoms with van der Waals surface area (Å²) in [7, 11) is 3.52. The molecule has 0 atom stereocenters. The molecule has 3 aromatic heterocycles. The first kappa shape index (κ1) is 22.8. The summed E-state index contributed by atoms with van der Waals surface area (Å²) in [5, 5.41) is 12.2. The standard InChI is InChI=1S/C28H27N7O2/c1-17-27(18(2)33(3)31-17)24-14-25(34-15-19-8-5-6-9-20(19)16-34)30-26-13-23(32-35(24)26)28(36)29-21-10-7-11-22(12-21)37-4/h5-14H,15-16H2,1-4H3,(H,29,36). The van der Waals surface area contributed by atoms with Crippen LogP contribution in [0.5, 0.6) is 5.75 Å². The number of anilines is 2. The Morgan fingerprint density at radius 2 is 1.73 bits per heavy atom. The predicted molar refractivity (Wildman–Crippen MR) is 142 cm³/mol. The van der Waals surface area contributed by atoms with Gasteiger partial charge in [-0.1, -0.05) is 30.3 Å². The first-order valence-corrected chi connectivity index (χ1v) is 12.1. The molecule has 0 fully saturated rings. The van der Waals surface area contributed by atoms with Crippen LogP contribution in [-0.2, 0) is 20.1 Å². The van der Waals surface area contributed by atoms with E-state index in [0.717, 1.165) is 41.6 Å². The van der Waals surface area contributed by atoms with Gasteiger partial charge in [0.25, 0.3) is 5.91 Å². The molecule has 9 nitrogen and oxygen atoms in total. The van der Waals surface area contributed by atoms with Crippen LogP contribution in [0.2, 0.25) is 0 Å². The molecule has 1 amide bonds. The lowest BCUT2D eigenvalue weighted by molar-refractivity contribution is 0.102. The van der Waals surface area contributed by atoms with Crippen molar-refractivity contribution in [2.45, 2.75) is 26.9 Å². The van der Waals surface area contributed by atoms with Gasteiger partial charge in [0.1, 0.15) is 11.6 Å². The van der Waals surface area contributed by atoms with Gasteiger partial charge >= 0.3 is 0 Å². The molecule has 5 aromatic rings. The molecule has 0 spiro atoms. The maximum Gasteiger partial charge on any atom is 0.276 e. The molecule has 4 heterocycles. The summed E-state index contributed by atoms with van der Waals surface area (Å²) in [4.78, 5) is 20.4. The minimum Gasteiger partial charge on any atom is -0.497 e. The number of ether oxygens (including phenoxy) is 1. The average Bonchev–Trinajstić information content (AvgIpc) is 3.59. The summed E-state index contributed by atoms with van der Waals surface area (Å²) in [5.74, 6) is 1.18. The third-order valence-corrected chi connectivity index (χ3v) is 6.90. The fourth-order valence-corrected chi connectivity index (χ4v) is 4.95. The lowest BCUT2D eigenvalue weighted by Gasteiger charge is -2.18. The lowest BCUT2D eigenvalue weighted by Crippen LogP contribution is -2.17. The number of nitrogens with one attached hydrogen (secondary N) is 1. The second kappa shape index (κ2) is 8.77. The number of carbonyl (C=O) groups excluding carboxylic acids is 1. The van der Waals surface area contributed by atoms with E-state index in [1.807, 2.05) is 49.8 Å². The molecule has 0 bridgehead atoms. The van der Waals surface area contributed by atoms with Crippen molar-refractivity contribution in [3.05, 3.63) is 88.9 Å². The quantitative estimate of drug-likeness (QED) is 0.387. The number of methoxy groups -OCH3 is 1. The molecular weight excluding hydrogens is 466 g/mol. The van der Waals surface area contributed by atoms with Crippen LogP contribution in [0.25, 0.3) is 16.9 Å². The van der Waals surface area contributed by atoms with E-state index in [2.05, 4.69) is 44.7 Å². The van der Waals surface area contributed by atoms with E-state index >= 15 is 0 Å². The van der Waals surface area contributed by atoms with Gasteiger partial charge in [0.15, 0.2) is 11.3 Å². The molecule has 9 heteroatoms. The van der Waals surface area contributed by atoms with Gasteiger partial charge in [0, 0.05) is 55.3 Å². The molecule has 0 saturated heterocycles. The number of aromatic nitrogens is 5. The number of hydrogen-bond donors (Lipinski definition) is 1. The molecule has 1 aliphatic heterocycles. The lowest BCUT2D eigenvalue weighted by atomic mass is 10.1. The summed E-state index contributed by atoms with van der Waals surface area (Å²) >= 11 is 0. The zero-order valence-electron chi connectivity index (χ0n) is 21.2. The van der Waals surface area contributed by atoms with Gasteiger partial charge in [-0.3, -0.25) is 9.48 Å². The highest BCUT2D eigenvalue weighted by molar-refractivity contribution is 6.03. The summed E-state index contributed by atoms with van der Waals surface area (Å²) < 4.78 is 8.87. The zero-order chi connectivity index (χ0) is 25.7. The van der Waals surface area contributed by atoms with Crippen molar-refractivity contribution in [2.24, 2.45) is 7.05 Å². The highest BCUT2D eigenvalue weighted by atomic mass is 16.5. The van der Waals surface area contributed by atoms with Gasteiger partial charge < -0.3 is 15.0 Å². The molecule has 37 heavy (non-hydrogen) atoms. The fourth-order valence-electron chi connectivity index (χ4n) is 4.95.